The molecule has 9 heteroatoms. The standard InChI is InChI=1S/C26H25Cl2N3O3S/c27-22-11-12-24(28)25(19-22)29-35(33,34)23-10-4-9-21(18-23)26(32)31-16-14-30(15-17-31)13-5-8-20-6-2-1-3-7-20/h1-12,18-19,29H,13-17H2/b8-5+. The summed E-state index contributed by atoms with van der Waals surface area (Å²) in [6.45, 7) is 3.45. The van der Waals surface area contributed by atoms with Crippen LogP contribution in [0.1, 0.15) is 15.9 Å². The van der Waals surface area contributed by atoms with Gasteiger partial charge in [-0.3, -0.25) is 14.4 Å². The first-order chi connectivity index (χ1) is 16.8. The normalized spacial score (nSPS) is 14.9. The van der Waals surface area contributed by atoms with Gasteiger partial charge < -0.3 is 4.90 Å². The molecule has 1 N–H and O–H groups in total. The minimum absolute atomic E-state index is 0.0240. The number of anilines is 1. The van der Waals surface area contributed by atoms with Crippen molar-refractivity contribution in [2.24, 2.45) is 0 Å². The van der Waals surface area contributed by atoms with Gasteiger partial charge in [-0.2, -0.15) is 0 Å². The van der Waals surface area contributed by atoms with E-state index in [-0.39, 0.29) is 21.5 Å². The second kappa shape index (κ2) is 11.3. The third-order valence-corrected chi connectivity index (χ3v) is 7.62. The third kappa shape index (κ3) is 6.64. The number of hydrogen-bond donors (Lipinski definition) is 1. The molecule has 3 aromatic carbocycles. The lowest BCUT2D eigenvalue weighted by molar-refractivity contribution is 0.0650. The van der Waals surface area contributed by atoms with Gasteiger partial charge in [-0.15, -0.1) is 0 Å². The summed E-state index contributed by atoms with van der Waals surface area (Å²) in [6.07, 6.45) is 4.22. The van der Waals surface area contributed by atoms with Gasteiger partial charge in [0.15, 0.2) is 0 Å². The smallest absolute Gasteiger partial charge is 0.261 e. The van der Waals surface area contributed by atoms with Crippen LogP contribution in [0.25, 0.3) is 6.08 Å². The van der Waals surface area contributed by atoms with Gasteiger partial charge in [0.05, 0.1) is 15.6 Å². The molecule has 0 bridgehead atoms. The van der Waals surface area contributed by atoms with Gasteiger partial charge in [-0.1, -0.05) is 71.8 Å². The fraction of sp³-hybridized carbons (Fsp3) is 0.192. The number of amides is 1. The zero-order chi connectivity index (χ0) is 24.8. The van der Waals surface area contributed by atoms with Crippen molar-refractivity contribution < 1.29 is 13.2 Å². The van der Waals surface area contributed by atoms with E-state index in [2.05, 4.69) is 33.9 Å². The molecule has 1 heterocycles. The summed E-state index contributed by atoms with van der Waals surface area (Å²) in [5, 5.41) is 0.576. The van der Waals surface area contributed by atoms with Crippen LogP contribution in [0.15, 0.2) is 83.8 Å². The van der Waals surface area contributed by atoms with E-state index < -0.39 is 10.0 Å². The highest BCUT2D eigenvalue weighted by Gasteiger charge is 2.23. The Balaban J connectivity index is 1.37. The second-order valence-electron chi connectivity index (χ2n) is 8.16. The van der Waals surface area contributed by atoms with Crippen LogP contribution in [0, 0.1) is 0 Å². The number of nitrogens with one attached hydrogen (secondary N) is 1. The maximum Gasteiger partial charge on any atom is 0.261 e. The molecule has 1 aliphatic rings. The van der Waals surface area contributed by atoms with Gasteiger partial charge in [0, 0.05) is 43.3 Å². The zero-order valence-electron chi connectivity index (χ0n) is 18.9. The fourth-order valence-corrected chi connectivity index (χ4v) is 5.30. The van der Waals surface area contributed by atoms with Crippen molar-refractivity contribution in [2.45, 2.75) is 4.90 Å². The molecule has 0 saturated carbocycles. The highest BCUT2D eigenvalue weighted by atomic mass is 35.5. The molecule has 1 fully saturated rings. The molecule has 1 aliphatic heterocycles. The lowest BCUT2D eigenvalue weighted by Crippen LogP contribution is -2.48. The first-order valence-corrected chi connectivity index (χ1v) is 13.4. The average Bonchev–Trinajstić information content (AvgIpc) is 2.87. The van der Waals surface area contributed by atoms with Gasteiger partial charge in [0.2, 0.25) is 0 Å². The molecule has 35 heavy (non-hydrogen) atoms. The van der Waals surface area contributed by atoms with Crippen LogP contribution in [-0.4, -0.2) is 56.8 Å². The molecule has 0 atom stereocenters. The molecule has 1 amide bonds. The molecule has 182 valence electrons. The predicted molar refractivity (Wildman–Crippen MR) is 142 cm³/mol. The van der Waals surface area contributed by atoms with E-state index in [0.717, 1.165) is 25.2 Å². The van der Waals surface area contributed by atoms with Crippen molar-refractivity contribution >= 4 is 50.9 Å². The highest BCUT2D eigenvalue weighted by molar-refractivity contribution is 7.92. The monoisotopic (exact) mass is 529 g/mol. The van der Waals surface area contributed by atoms with Crippen molar-refractivity contribution in [3.05, 3.63) is 100 Å². The maximum absolute atomic E-state index is 13.1. The van der Waals surface area contributed by atoms with Crippen LogP contribution in [0.5, 0.6) is 0 Å². The molecule has 0 unspecified atom stereocenters. The van der Waals surface area contributed by atoms with Gasteiger partial charge >= 0.3 is 0 Å². The van der Waals surface area contributed by atoms with E-state index >= 15 is 0 Å². The molecule has 0 aromatic heterocycles. The number of hydrogen-bond acceptors (Lipinski definition) is 4. The summed E-state index contributed by atoms with van der Waals surface area (Å²) in [6, 6.07) is 20.6. The van der Waals surface area contributed by atoms with Crippen LogP contribution < -0.4 is 4.72 Å². The molecule has 0 radical (unpaired) electrons. The minimum Gasteiger partial charge on any atom is -0.336 e. The number of carbonyl (C=O) groups excluding carboxylic acids is 1. The molecule has 4 rings (SSSR count). The highest BCUT2D eigenvalue weighted by Crippen LogP contribution is 2.28. The SMILES string of the molecule is O=C(c1cccc(S(=O)(=O)Nc2cc(Cl)ccc2Cl)c1)N1CCN(C/C=C/c2ccccc2)CC1. The first-order valence-electron chi connectivity index (χ1n) is 11.1. The van der Waals surface area contributed by atoms with Gasteiger partial charge in [0.25, 0.3) is 15.9 Å². The third-order valence-electron chi connectivity index (χ3n) is 5.70. The Labute approximate surface area is 215 Å². The lowest BCUT2D eigenvalue weighted by atomic mass is 10.1. The van der Waals surface area contributed by atoms with E-state index in [0.29, 0.717) is 23.7 Å². The van der Waals surface area contributed by atoms with E-state index in [1.165, 1.54) is 24.3 Å². The predicted octanol–water partition coefficient (Wildman–Crippen LogP) is 5.27. The first kappa shape index (κ1) is 25.3. The van der Waals surface area contributed by atoms with Gasteiger partial charge in [-0.05, 0) is 42.0 Å². The Bertz CT molecular complexity index is 1320. The van der Waals surface area contributed by atoms with E-state index in [4.69, 9.17) is 23.2 Å². The number of benzene rings is 3. The van der Waals surface area contributed by atoms with Crippen LogP contribution >= 0.6 is 23.2 Å². The molecule has 6 nitrogen and oxygen atoms in total. The fourth-order valence-electron chi connectivity index (χ4n) is 3.79. The Hall–Kier alpha value is -2.84. The van der Waals surface area contributed by atoms with Crippen molar-refractivity contribution in [2.75, 3.05) is 37.4 Å². The van der Waals surface area contributed by atoms with E-state index in [9.17, 15) is 13.2 Å². The van der Waals surface area contributed by atoms with E-state index in [1.54, 1.807) is 23.1 Å². The molecule has 0 aliphatic carbocycles. The van der Waals surface area contributed by atoms with Crippen LogP contribution in [0.2, 0.25) is 10.0 Å². The second-order valence-corrected chi connectivity index (χ2v) is 10.7. The largest absolute Gasteiger partial charge is 0.336 e. The number of halogens is 2. The maximum atomic E-state index is 13.1. The Morgan fingerprint density at radius 2 is 1.66 bits per heavy atom. The number of rotatable bonds is 7. The summed E-state index contributed by atoms with van der Waals surface area (Å²) in [5.41, 5.74) is 1.65. The number of piperazine rings is 1. The van der Waals surface area contributed by atoms with Gasteiger partial charge in [0.1, 0.15) is 0 Å². The van der Waals surface area contributed by atoms with Crippen molar-refractivity contribution in [1.82, 2.24) is 9.80 Å². The van der Waals surface area contributed by atoms with Crippen LogP contribution in [-0.2, 0) is 10.0 Å². The molecule has 0 spiro atoms. The van der Waals surface area contributed by atoms with Crippen molar-refractivity contribution in [1.29, 1.82) is 0 Å². The summed E-state index contributed by atoms with van der Waals surface area (Å²) in [4.78, 5) is 17.1. The topological polar surface area (TPSA) is 69.7 Å². The van der Waals surface area contributed by atoms with Gasteiger partial charge in [-0.25, -0.2) is 8.42 Å². The Morgan fingerprint density at radius 1 is 0.914 bits per heavy atom. The summed E-state index contributed by atoms with van der Waals surface area (Å²) < 4.78 is 28.3. The molecule has 1 saturated heterocycles. The molecular weight excluding hydrogens is 505 g/mol. The zero-order valence-corrected chi connectivity index (χ0v) is 21.2. The summed E-state index contributed by atoms with van der Waals surface area (Å²) >= 11 is 12.1. The number of nitrogens with zero attached hydrogens (tertiary/aromatic N) is 2. The number of sulfonamides is 1. The number of carbonyl (C=O) groups is 1. The minimum atomic E-state index is -3.96. The quantitative estimate of drug-likeness (QED) is 0.452. The van der Waals surface area contributed by atoms with Crippen molar-refractivity contribution in [3.63, 3.8) is 0 Å². The summed E-state index contributed by atoms with van der Waals surface area (Å²) in [7, 11) is -3.96. The Kier molecular flexibility index (Phi) is 8.13. The van der Waals surface area contributed by atoms with Crippen LogP contribution in [0.3, 0.4) is 0 Å². The Morgan fingerprint density at radius 3 is 2.40 bits per heavy atom. The van der Waals surface area contributed by atoms with Crippen molar-refractivity contribution in [3.8, 4) is 0 Å². The molecule has 3 aromatic rings. The van der Waals surface area contributed by atoms with Crippen LogP contribution in [0.4, 0.5) is 5.69 Å². The summed E-state index contributed by atoms with van der Waals surface area (Å²) in [5.74, 6) is -0.192. The lowest BCUT2D eigenvalue weighted by Gasteiger charge is -2.34. The average molecular weight is 530 g/mol. The van der Waals surface area contributed by atoms with E-state index in [1.807, 2.05) is 18.2 Å². The molecular formula is C26H25Cl2N3O3S.